The van der Waals surface area contributed by atoms with Crippen LogP contribution < -0.4 is 0 Å². The molecule has 0 N–H and O–H groups in total. The van der Waals surface area contributed by atoms with Gasteiger partial charge < -0.3 is 14.2 Å². The van der Waals surface area contributed by atoms with Crippen LogP contribution in [0.5, 0.6) is 0 Å². The number of hydrogen-bond donors (Lipinski definition) is 0. The number of carbonyl (C=O) groups is 3. The monoisotopic (exact) mass is 1130 g/mol. The topological polar surface area (TPSA) is 78.9 Å². The lowest BCUT2D eigenvalue weighted by Gasteiger charge is -2.18. The Morgan fingerprint density at radius 1 is 0.259 bits per heavy atom. The Kier molecular flexibility index (Phi) is 66.6. The molecule has 81 heavy (non-hydrogen) atoms. The fourth-order valence-corrected chi connectivity index (χ4v) is 10.4. The van der Waals surface area contributed by atoms with Crippen molar-refractivity contribution in [3.63, 3.8) is 0 Å². The Labute approximate surface area is 503 Å². The third kappa shape index (κ3) is 67.5. The molecule has 0 aliphatic rings. The summed E-state index contributed by atoms with van der Waals surface area (Å²) in [5.41, 5.74) is 0. The van der Waals surface area contributed by atoms with Crippen LogP contribution in [0.25, 0.3) is 0 Å². The summed E-state index contributed by atoms with van der Waals surface area (Å²) in [6.07, 6.45) is 90.7. The lowest BCUT2D eigenvalue weighted by atomic mass is 10.0. The van der Waals surface area contributed by atoms with Crippen molar-refractivity contribution in [2.75, 3.05) is 13.2 Å². The third-order valence-corrected chi connectivity index (χ3v) is 15.7. The summed E-state index contributed by atoms with van der Waals surface area (Å²) >= 11 is 0. The van der Waals surface area contributed by atoms with Crippen molar-refractivity contribution in [2.45, 2.75) is 374 Å². The van der Waals surface area contributed by atoms with E-state index in [1.165, 1.54) is 231 Å². The predicted octanol–water partition coefficient (Wildman–Crippen LogP) is 24.4. The molecule has 470 valence electrons. The number of ether oxygens (including phenoxy) is 3. The van der Waals surface area contributed by atoms with E-state index in [1.54, 1.807) is 0 Å². The molecule has 0 saturated carbocycles. The van der Waals surface area contributed by atoms with Crippen LogP contribution in [-0.4, -0.2) is 37.2 Å². The van der Waals surface area contributed by atoms with Crippen LogP contribution in [0.15, 0.2) is 72.9 Å². The minimum absolute atomic E-state index is 0.0742. The highest BCUT2D eigenvalue weighted by molar-refractivity contribution is 5.71. The summed E-state index contributed by atoms with van der Waals surface area (Å²) < 4.78 is 17.0. The standard InChI is InChI=1S/C75H134O6/c1-4-7-10-13-16-19-22-25-28-30-32-34-35-36-37-38-39-41-42-44-47-50-53-56-59-62-65-68-74(77)80-71-72(70-79-73(76)67-64-61-58-55-52-49-46-27-24-21-18-15-12-9-6-3)81-75(78)69-66-63-60-57-54-51-48-45-43-40-33-31-29-26-23-20-17-14-11-8-5-2/h8,11,17,20,22,25-26,29-30,32-33,40,72H,4-7,9-10,12-16,18-19,21,23-24,27-28,31,34-39,41-71H2,1-3H3/b11-8-,20-17-,25-22-,29-26-,32-30-,40-33-. The van der Waals surface area contributed by atoms with Crippen molar-refractivity contribution < 1.29 is 28.6 Å². The van der Waals surface area contributed by atoms with Crippen LogP contribution in [0.2, 0.25) is 0 Å². The average Bonchev–Trinajstić information content (AvgIpc) is 3.47. The maximum Gasteiger partial charge on any atom is 0.306 e. The molecule has 0 aliphatic heterocycles. The first kappa shape index (κ1) is 77.9. The summed E-state index contributed by atoms with van der Waals surface area (Å²) in [7, 11) is 0. The maximum absolute atomic E-state index is 13.0. The molecule has 0 aromatic rings. The first-order valence-electron chi connectivity index (χ1n) is 35.4. The molecule has 0 aromatic carbocycles. The van der Waals surface area contributed by atoms with Crippen molar-refractivity contribution in [1.82, 2.24) is 0 Å². The maximum atomic E-state index is 13.0. The van der Waals surface area contributed by atoms with Crippen LogP contribution in [0.4, 0.5) is 0 Å². The van der Waals surface area contributed by atoms with Crippen LogP contribution in [0.3, 0.4) is 0 Å². The van der Waals surface area contributed by atoms with E-state index < -0.39 is 6.10 Å². The Bertz CT molecular complexity index is 1490. The summed E-state index contributed by atoms with van der Waals surface area (Å²) in [5, 5.41) is 0. The van der Waals surface area contributed by atoms with Gasteiger partial charge in [0.25, 0.3) is 0 Å². The van der Waals surface area contributed by atoms with Crippen molar-refractivity contribution in [3.05, 3.63) is 72.9 Å². The van der Waals surface area contributed by atoms with Gasteiger partial charge in [0.15, 0.2) is 6.10 Å². The Hall–Kier alpha value is -3.15. The van der Waals surface area contributed by atoms with Crippen molar-refractivity contribution in [2.24, 2.45) is 0 Å². The van der Waals surface area contributed by atoms with Crippen molar-refractivity contribution in [3.8, 4) is 0 Å². The van der Waals surface area contributed by atoms with Gasteiger partial charge in [-0.25, -0.2) is 0 Å². The zero-order valence-corrected chi connectivity index (χ0v) is 54.1. The number of esters is 3. The highest BCUT2D eigenvalue weighted by Gasteiger charge is 2.19. The molecule has 0 rings (SSSR count). The number of carbonyl (C=O) groups excluding carboxylic acids is 3. The summed E-state index contributed by atoms with van der Waals surface area (Å²) in [4.78, 5) is 38.5. The number of hydrogen-bond acceptors (Lipinski definition) is 6. The van der Waals surface area contributed by atoms with E-state index in [-0.39, 0.29) is 31.1 Å². The van der Waals surface area contributed by atoms with Gasteiger partial charge >= 0.3 is 17.9 Å². The molecule has 0 heterocycles. The van der Waals surface area contributed by atoms with Gasteiger partial charge in [-0.15, -0.1) is 0 Å². The van der Waals surface area contributed by atoms with Gasteiger partial charge in [0, 0.05) is 19.3 Å². The van der Waals surface area contributed by atoms with Gasteiger partial charge in [-0.1, -0.05) is 331 Å². The molecule has 0 saturated heterocycles. The zero-order chi connectivity index (χ0) is 58.5. The van der Waals surface area contributed by atoms with Gasteiger partial charge in [-0.2, -0.15) is 0 Å². The Balaban J connectivity index is 4.29. The Morgan fingerprint density at radius 2 is 0.481 bits per heavy atom. The van der Waals surface area contributed by atoms with Crippen LogP contribution >= 0.6 is 0 Å². The predicted molar refractivity (Wildman–Crippen MR) is 353 cm³/mol. The molecular weight excluding hydrogens is 997 g/mol. The molecule has 0 amide bonds. The van der Waals surface area contributed by atoms with E-state index in [0.717, 1.165) is 96.3 Å². The molecule has 6 nitrogen and oxygen atoms in total. The normalized spacial score (nSPS) is 12.5. The summed E-state index contributed by atoms with van der Waals surface area (Å²) in [6, 6.07) is 0. The summed E-state index contributed by atoms with van der Waals surface area (Å²) in [6.45, 7) is 6.57. The van der Waals surface area contributed by atoms with E-state index in [2.05, 4.69) is 93.7 Å². The van der Waals surface area contributed by atoms with Gasteiger partial charge in [0.1, 0.15) is 13.2 Å². The quantitative estimate of drug-likeness (QED) is 0.0261. The lowest BCUT2D eigenvalue weighted by Crippen LogP contribution is -2.30. The average molecular weight is 1130 g/mol. The minimum atomic E-state index is -0.780. The number of rotatable bonds is 65. The molecule has 0 aliphatic carbocycles. The van der Waals surface area contributed by atoms with E-state index in [9.17, 15) is 14.4 Å². The molecule has 1 unspecified atom stereocenters. The van der Waals surface area contributed by atoms with Gasteiger partial charge in [0.05, 0.1) is 0 Å². The minimum Gasteiger partial charge on any atom is -0.462 e. The van der Waals surface area contributed by atoms with E-state index in [0.29, 0.717) is 19.3 Å². The number of allylic oxidation sites excluding steroid dienone is 12. The van der Waals surface area contributed by atoms with Gasteiger partial charge in [0.2, 0.25) is 0 Å². The fraction of sp³-hybridized carbons (Fsp3) is 0.800. The third-order valence-electron chi connectivity index (χ3n) is 15.7. The molecular formula is C75H134O6. The highest BCUT2D eigenvalue weighted by Crippen LogP contribution is 2.18. The van der Waals surface area contributed by atoms with E-state index >= 15 is 0 Å². The van der Waals surface area contributed by atoms with E-state index in [1.807, 2.05) is 0 Å². The van der Waals surface area contributed by atoms with E-state index in [4.69, 9.17) is 14.2 Å². The Morgan fingerprint density at radius 3 is 0.753 bits per heavy atom. The molecule has 1 atom stereocenters. The van der Waals surface area contributed by atoms with Crippen LogP contribution in [0.1, 0.15) is 367 Å². The van der Waals surface area contributed by atoms with Crippen LogP contribution in [0, 0.1) is 0 Å². The van der Waals surface area contributed by atoms with Crippen molar-refractivity contribution >= 4 is 17.9 Å². The molecule has 0 spiro atoms. The molecule has 0 radical (unpaired) electrons. The molecule has 6 heteroatoms. The first-order valence-corrected chi connectivity index (χ1v) is 35.4. The molecule has 0 bridgehead atoms. The van der Waals surface area contributed by atoms with Crippen LogP contribution in [-0.2, 0) is 28.6 Å². The molecule has 0 aromatic heterocycles. The second-order valence-corrected chi connectivity index (χ2v) is 23.8. The number of unbranched alkanes of at least 4 members (excludes halogenated alkanes) is 42. The van der Waals surface area contributed by atoms with Gasteiger partial charge in [-0.05, 0) is 89.9 Å². The zero-order valence-electron chi connectivity index (χ0n) is 54.1. The first-order chi connectivity index (χ1) is 40.0. The summed E-state index contributed by atoms with van der Waals surface area (Å²) in [5.74, 6) is -0.859. The second-order valence-electron chi connectivity index (χ2n) is 23.8. The lowest BCUT2D eigenvalue weighted by molar-refractivity contribution is -0.167. The largest absolute Gasteiger partial charge is 0.462 e. The fourth-order valence-electron chi connectivity index (χ4n) is 10.4. The van der Waals surface area contributed by atoms with Gasteiger partial charge in [-0.3, -0.25) is 14.4 Å². The van der Waals surface area contributed by atoms with Crippen molar-refractivity contribution in [1.29, 1.82) is 0 Å². The highest BCUT2D eigenvalue weighted by atomic mass is 16.6. The smallest absolute Gasteiger partial charge is 0.306 e. The second kappa shape index (κ2) is 69.3. The SMILES string of the molecule is CC/C=C\C/C=C\C/C=C\C/C=C\CCCCCCCCCCC(=O)OC(COC(=O)CCCCCCCCCCCCCCCCC)COC(=O)CCCCCCCCCCCCCCCCC/C=C\C/C=C\CCCCCCC. The molecule has 0 fully saturated rings.